The van der Waals surface area contributed by atoms with Crippen molar-refractivity contribution in [1.29, 1.82) is 0 Å². The average molecular weight is 358 g/mol. The summed E-state index contributed by atoms with van der Waals surface area (Å²) < 4.78 is 0. The molecule has 0 aromatic carbocycles. The zero-order valence-electron chi connectivity index (χ0n) is 14.3. The van der Waals surface area contributed by atoms with E-state index in [0.29, 0.717) is 24.5 Å². The number of amides is 1. The third-order valence-electron chi connectivity index (χ3n) is 4.35. The standard InChI is InChI=1S/C18H22N4O2S/c1-12(23)9-13-5-4-8-22(11-13)18-21-16(17(19)24)15(25-18)10-14-6-2-3-7-20-14/h2-3,6-7,13H,4-5,8-11H2,1H3,(H2,19,24)/t13-/m0/s1. The molecule has 2 aromatic rings. The van der Waals surface area contributed by atoms with Crippen LogP contribution >= 0.6 is 11.3 Å². The number of pyridine rings is 1. The molecule has 0 bridgehead atoms. The lowest BCUT2D eigenvalue weighted by Gasteiger charge is -2.32. The van der Waals surface area contributed by atoms with Crippen LogP contribution in [0.5, 0.6) is 0 Å². The number of primary amides is 1. The number of thiazole rings is 1. The van der Waals surface area contributed by atoms with Gasteiger partial charge in [-0.2, -0.15) is 0 Å². The quantitative estimate of drug-likeness (QED) is 0.856. The molecule has 0 saturated carbocycles. The second-order valence-corrected chi connectivity index (χ2v) is 7.55. The number of carbonyl (C=O) groups excluding carboxylic acids is 2. The maximum atomic E-state index is 11.8. The molecule has 1 fully saturated rings. The number of piperidine rings is 1. The van der Waals surface area contributed by atoms with E-state index in [1.165, 1.54) is 11.3 Å². The monoisotopic (exact) mass is 358 g/mol. The first-order chi connectivity index (χ1) is 12.0. The van der Waals surface area contributed by atoms with E-state index in [2.05, 4.69) is 14.9 Å². The van der Waals surface area contributed by atoms with Crippen LogP contribution in [0.15, 0.2) is 24.4 Å². The fourth-order valence-corrected chi connectivity index (χ4v) is 4.38. The molecule has 7 heteroatoms. The summed E-state index contributed by atoms with van der Waals surface area (Å²) in [6, 6.07) is 5.71. The van der Waals surface area contributed by atoms with Crippen molar-refractivity contribution in [3.05, 3.63) is 40.7 Å². The van der Waals surface area contributed by atoms with E-state index in [-0.39, 0.29) is 5.78 Å². The topological polar surface area (TPSA) is 89.2 Å². The lowest BCUT2D eigenvalue weighted by atomic mass is 9.93. The number of nitrogens with two attached hydrogens (primary N) is 1. The highest BCUT2D eigenvalue weighted by molar-refractivity contribution is 7.16. The van der Waals surface area contributed by atoms with E-state index >= 15 is 0 Å². The minimum Gasteiger partial charge on any atom is -0.364 e. The minimum atomic E-state index is -0.509. The number of Topliss-reactive ketones (excluding diaryl/α,β-unsaturated/α-hetero) is 1. The van der Waals surface area contributed by atoms with Crippen molar-refractivity contribution in [2.24, 2.45) is 11.7 Å². The molecule has 1 saturated heterocycles. The first kappa shape index (κ1) is 17.5. The predicted octanol–water partition coefficient (Wildman–Crippen LogP) is 2.42. The Labute approximate surface area is 151 Å². The summed E-state index contributed by atoms with van der Waals surface area (Å²) in [5.41, 5.74) is 6.74. The van der Waals surface area contributed by atoms with Gasteiger partial charge in [-0.3, -0.25) is 9.78 Å². The number of hydrogen-bond acceptors (Lipinski definition) is 6. The number of carbonyl (C=O) groups is 2. The number of anilines is 1. The lowest BCUT2D eigenvalue weighted by Crippen LogP contribution is -2.36. The van der Waals surface area contributed by atoms with Gasteiger partial charge in [0.1, 0.15) is 11.5 Å². The van der Waals surface area contributed by atoms with Gasteiger partial charge in [0.25, 0.3) is 5.91 Å². The molecule has 1 amide bonds. The predicted molar refractivity (Wildman–Crippen MR) is 97.9 cm³/mol. The Morgan fingerprint density at radius 2 is 2.24 bits per heavy atom. The summed E-state index contributed by atoms with van der Waals surface area (Å²) in [5, 5.41) is 0.813. The molecule has 3 rings (SSSR count). The van der Waals surface area contributed by atoms with Crippen molar-refractivity contribution in [3.63, 3.8) is 0 Å². The van der Waals surface area contributed by atoms with E-state index in [1.807, 2.05) is 18.2 Å². The van der Waals surface area contributed by atoms with Gasteiger partial charge in [-0.25, -0.2) is 4.98 Å². The van der Waals surface area contributed by atoms with Crippen LogP contribution in [0.1, 0.15) is 47.2 Å². The van der Waals surface area contributed by atoms with Gasteiger partial charge < -0.3 is 15.4 Å². The highest BCUT2D eigenvalue weighted by Crippen LogP contribution is 2.31. The van der Waals surface area contributed by atoms with Crippen molar-refractivity contribution in [1.82, 2.24) is 9.97 Å². The first-order valence-electron chi connectivity index (χ1n) is 8.46. The van der Waals surface area contributed by atoms with E-state index in [1.54, 1.807) is 13.1 Å². The van der Waals surface area contributed by atoms with Gasteiger partial charge in [0.05, 0.1) is 0 Å². The molecule has 2 aromatic heterocycles. The first-order valence-corrected chi connectivity index (χ1v) is 9.28. The van der Waals surface area contributed by atoms with E-state index in [9.17, 15) is 9.59 Å². The molecule has 1 aliphatic rings. The summed E-state index contributed by atoms with van der Waals surface area (Å²) in [7, 11) is 0. The van der Waals surface area contributed by atoms with Gasteiger partial charge in [-0.1, -0.05) is 6.07 Å². The smallest absolute Gasteiger partial charge is 0.268 e. The van der Waals surface area contributed by atoms with Crippen LogP contribution in [0, 0.1) is 5.92 Å². The highest BCUT2D eigenvalue weighted by Gasteiger charge is 2.25. The normalized spacial score (nSPS) is 17.5. The molecule has 0 radical (unpaired) electrons. The van der Waals surface area contributed by atoms with Gasteiger partial charge in [-0.15, -0.1) is 11.3 Å². The van der Waals surface area contributed by atoms with Gasteiger partial charge in [0.15, 0.2) is 5.13 Å². The summed E-state index contributed by atoms with van der Waals surface area (Å²) in [4.78, 5) is 35.0. The molecule has 2 N–H and O–H groups in total. The third-order valence-corrected chi connectivity index (χ3v) is 5.47. The Balaban J connectivity index is 1.81. The maximum Gasteiger partial charge on any atom is 0.268 e. The number of aromatic nitrogens is 2. The molecule has 1 atom stereocenters. The Kier molecular flexibility index (Phi) is 5.43. The van der Waals surface area contributed by atoms with Crippen molar-refractivity contribution < 1.29 is 9.59 Å². The van der Waals surface area contributed by atoms with E-state index < -0.39 is 5.91 Å². The Hall–Kier alpha value is -2.28. The minimum absolute atomic E-state index is 0.222. The zero-order chi connectivity index (χ0) is 17.8. The van der Waals surface area contributed by atoms with Gasteiger partial charge in [0, 0.05) is 42.7 Å². The van der Waals surface area contributed by atoms with Crippen LogP contribution in [0.2, 0.25) is 0 Å². The SMILES string of the molecule is CC(=O)C[C@@H]1CCCN(c2nc(C(N)=O)c(Cc3ccccn3)s2)C1. The Morgan fingerprint density at radius 3 is 2.92 bits per heavy atom. The maximum absolute atomic E-state index is 11.8. The fourth-order valence-electron chi connectivity index (χ4n) is 3.27. The Bertz CT molecular complexity index is 760. The van der Waals surface area contributed by atoms with Crippen LogP contribution in [-0.4, -0.2) is 34.7 Å². The molecule has 25 heavy (non-hydrogen) atoms. The van der Waals surface area contributed by atoms with Crippen molar-refractivity contribution >= 4 is 28.2 Å². The third kappa shape index (κ3) is 4.42. The van der Waals surface area contributed by atoms with Crippen molar-refractivity contribution in [2.75, 3.05) is 18.0 Å². The van der Waals surface area contributed by atoms with Crippen LogP contribution in [-0.2, 0) is 11.2 Å². The number of rotatable bonds is 6. The molecular weight excluding hydrogens is 336 g/mol. The number of ketones is 1. The van der Waals surface area contributed by atoms with Crippen molar-refractivity contribution in [3.8, 4) is 0 Å². The lowest BCUT2D eigenvalue weighted by molar-refractivity contribution is -0.117. The number of nitrogens with zero attached hydrogens (tertiary/aromatic N) is 3. The van der Waals surface area contributed by atoms with Gasteiger partial charge >= 0.3 is 0 Å². The van der Waals surface area contributed by atoms with Crippen LogP contribution < -0.4 is 10.6 Å². The van der Waals surface area contributed by atoms with E-state index in [0.717, 1.165) is 41.6 Å². The molecule has 132 valence electrons. The molecule has 0 aliphatic carbocycles. The molecular formula is C18H22N4O2S. The highest BCUT2D eigenvalue weighted by atomic mass is 32.1. The number of hydrogen-bond donors (Lipinski definition) is 1. The van der Waals surface area contributed by atoms with Gasteiger partial charge in [-0.05, 0) is 37.8 Å². The summed E-state index contributed by atoms with van der Waals surface area (Å²) in [5.74, 6) is 0.0665. The molecule has 1 aliphatic heterocycles. The van der Waals surface area contributed by atoms with Gasteiger partial charge in [0.2, 0.25) is 0 Å². The van der Waals surface area contributed by atoms with E-state index in [4.69, 9.17) is 5.73 Å². The summed E-state index contributed by atoms with van der Waals surface area (Å²) >= 11 is 1.50. The molecule has 0 spiro atoms. The van der Waals surface area contributed by atoms with Crippen LogP contribution in [0.4, 0.5) is 5.13 Å². The largest absolute Gasteiger partial charge is 0.364 e. The molecule has 3 heterocycles. The zero-order valence-corrected chi connectivity index (χ0v) is 15.1. The second-order valence-electron chi connectivity index (χ2n) is 6.49. The second kappa shape index (κ2) is 7.74. The average Bonchev–Trinajstić information content (AvgIpc) is 2.99. The van der Waals surface area contributed by atoms with Crippen LogP contribution in [0.3, 0.4) is 0 Å². The van der Waals surface area contributed by atoms with Crippen LogP contribution in [0.25, 0.3) is 0 Å². The fraction of sp³-hybridized carbons (Fsp3) is 0.444. The Morgan fingerprint density at radius 1 is 1.40 bits per heavy atom. The molecule has 6 nitrogen and oxygen atoms in total. The summed E-state index contributed by atoms with van der Waals surface area (Å²) in [6.45, 7) is 3.33. The summed E-state index contributed by atoms with van der Waals surface area (Å²) in [6.07, 6.45) is 4.97. The molecule has 0 unspecified atom stereocenters. The van der Waals surface area contributed by atoms with Crippen molar-refractivity contribution in [2.45, 2.75) is 32.6 Å².